The highest BCUT2D eigenvalue weighted by Gasteiger charge is 2.35. The Balaban J connectivity index is 1.75. The fourth-order valence-corrected chi connectivity index (χ4v) is 3.85. The predicted octanol–water partition coefficient (Wildman–Crippen LogP) is 5.11. The van der Waals surface area contributed by atoms with Crippen LogP contribution in [-0.4, -0.2) is 33.1 Å². The fourth-order valence-electron chi connectivity index (χ4n) is 3.85. The Labute approximate surface area is 177 Å². The van der Waals surface area contributed by atoms with Crippen molar-refractivity contribution >= 4 is 11.4 Å². The highest BCUT2D eigenvalue weighted by atomic mass is 16.5. The Morgan fingerprint density at radius 3 is 1.63 bits per heavy atom. The number of nitrogens with zero attached hydrogens (tertiary/aromatic N) is 2. The Morgan fingerprint density at radius 1 is 0.667 bits per heavy atom. The third-order valence-electron chi connectivity index (χ3n) is 5.51. The number of rotatable bonds is 6. The molecule has 4 rings (SSSR count). The maximum Gasteiger partial charge on any atom is 0.148 e. The molecule has 30 heavy (non-hydrogen) atoms. The Morgan fingerprint density at radius 2 is 1.13 bits per heavy atom. The molecule has 5 heteroatoms. The first kappa shape index (κ1) is 19.8. The lowest BCUT2D eigenvalue weighted by molar-refractivity contribution is 0.414. The maximum atomic E-state index is 5.34. The van der Waals surface area contributed by atoms with Crippen molar-refractivity contribution in [1.29, 1.82) is 0 Å². The van der Waals surface area contributed by atoms with Gasteiger partial charge in [-0.05, 0) is 78.7 Å². The van der Waals surface area contributed by atoms with E-state index in [0.717, 1.165) is 39.8 Å². The molecule has 0 bridgehead atoms. The maximum absolute atomic E-state index is 5.34. The molecule has 3 aromatic carbocycles. The zero-order valence-electron chi connectivity index (χ0n) is 17.7. The molecule has 0 aromatic heterocycles. The third kappa shape index (κ3) is 3.71. The van der Waals surface area contributed by atoms with Gasteiger partial charge in [-0.3, -0.25) is 4.99 Å². The molecule has 0 spiro atoms. The molecule has 2 atom stereocenters. The summed E-state index contributed by atoms with van der Waals surface area (Å²) >= 11 is 0. The van der Waals surface area contributed by atoms with Gasteiger partial charge in [0.1, 0.15) is 23.4 Å². The summed E-state index contributed by atoms with van der Waals surface area (Å²) in [5.74, 6) is 2.51. The summed E-state index contributed by atoms with van der Waals surface area (Å²) in [6.45, 7) is 2.19. The first-order valence-electron chi connectivity index (χ1n) is 9.93. The second kappa shape index (κ2) is 8.49. The van der Waals surface area contributed by atoms with Crippen LogP contribution in [0.1, 0.15) is 24.2 Å². The Hall–Kier alpha value is -3.47. The minimum Gasteiger partial charge on any atom is -0.497 e. The largest absolute Gasteiger partial charge is 0.497 e. The average molecular weight is 402 g/mol. The van der Waals surface area contributed by atoms with Crippen molar-refractivity contribution in [3.8, 4) is 17.2 Å². The third-order valence-corrected chi connectivity index (χ3v) is 5.51. The second-order valence-corrected chi connectivity index (χ2v) is 7.17. The average Bonchev–Trinajstić information content (AvgIpc) is 3.16. The minimum absolute atomic E-state index is 0.0962. The van der Waals surface area contributed by atoms with E-state index < -0.39 is 0 Å². The van der Waals surface area contributed by atoms with Gasteiger partial charge in [-0.1, -0.05) is 12.1 Å². The predicted molar refractivity (Wildman–Crippen MR) is 120 cm³/mol. The van der Waals surface area contributed by atoms with Gasteiger partial charge in [0.15, 0.2) is 0 Å². The summed E-state index contributed by atoms with van der Waals surface area (Å²) in [6.07, 6.45) is -0.128. The zero-order chi connectivity index (χ0) is 21.1. The fraction of sp³-hybridized carbons (Fsp3) is 0.240. The molecule has 0 aliphatic carbocycles. The Kier molecular flexibility index (Phi) is 5.61. The molecule has 1 heterocycles. The van der Waals surface area contributed by atoms with Crippen LogP contribution in [0.4, 0.5) is 5.69 Å². The summed E-state index contributed by atoms with van der Waals surface area (Å²) in [4.78, 5) is 7.48. The van der Waals surface area contributed by atoms with E-state index in [4.69, 9.17) is 19.2 Å². The van der Waals surface area contributed by atoms with Gasteiger partial charge in [-0.15, -0.1) is 0 Å². The van der Waals surface area contributed by atoms with Crippen LogP contribution in [0.5, 0.6) is 17.2 Å². The highest BCUT2D eigenvalue weighted by Crippen LogP contribution is 2.38. The summed E-state index contributed by atoms with van der Waals surface area (Å²) < 4.78 is 16.0. The molecule has 1 aliphatic heterocycles. The van der Waals surface area contributed by atoms with Crippen molar-refractivity contribution in [3.63, 3.8) is 0 Å². The van der Waals surface area contributed by atoms with Crippen molar-refractivity contribution in [2.24, 2.45) is 4.99 Å². The Bertz CT molecular complexity index is 1010. The zero-order valence-corrected chi connectivity index (χ0v) is 17.7. The summed E-state index contributed by atoms with van der Waals surface area (Å²) in [5, 5.41) is 0. The molecule has 1 aliphatic rings. The summed E-state index contributed by atoms with van der Waals surface area (Å²) in [7, 11) is 5.03. The van der Waals surface area contributed by atoms with Crippen LogP contribution in [0.3, 0.4) is 0 Å². The first-order chi connectivity index (χ1) is 14.6. The van der Waals surface area contributed by atoms with Gasteiger partial charge in [0.05, 0.1) is 33.1 Å². The van der Waals surface area contributed by atoms with E-state index >= 15 is 0 Å². The van der Waals surface area contributed by atoms with Gasteiger partial charge in [0.2, 0.25) is 0 Å². The molecule has 2 unspecified atom stereocenters. The van der Waals surface area contributed by atoms with Crippen molar-refractivity contribution in [2.45, 2.75) is 19.1 Å². The number of hydrogen-bond acceptors (Lipinski definition) is 5. The van der Waals surface area contributed by atoms with Gasteiger partial charge in [0.25, 0.3) is 0 Å². The standard InChI is InChI=1S/C25H26N2O3/c1-17-24(18-5-11-21(28-2)12-6-18)26-25(19-7-13-22(29-3)14-8-19)27(17)20-9-15-23(30-4)16-10-20/h5-17,25H,1-4H3. The van der Waals surface area contributed by atoms with Crippen LogP contribution in [0.25, 0.3) is 0 Å². The molecule has 0 fully saturated rings. The van der Waals surface area contributed by atoms with Crippen molar-refractivity contribution in [1.82, 2.24) is 0 Å². The van der Waals surface area contributed by atoms with E-state index in [1.54, 1.807) is 21.3 Å². The van der Waals surface area contributed by atoms with Crippen LogP contribution < -0.4 is 19.1 Å². The van der Waals surface area contributed by atoms with Crippen LogP contribution in [0, 0.1) is 0 Å². The highest BCUT2D eigenvalue weighted by molar-refractivity contribution is 6.07. The smallest absolute Gasteiger partial charge is 0.148 e. The van der Waals surface area contributed by atoms with Gasteiger partial charge in [-0.2, -0.15) is 0 Å². The van der Waals surface area contributed by atoms with E-state index in [1.807, 2.05) is 36.4 Å². The van der Waals surface area contributed by atoms with E-state index in [-0.39, 0.29) is 12.2 Å². The molecule has 0 N–H and O–H groups in total. The molecule has 154 valence electrons. The topological polar surface area (TPSA) is 43.3 Å². The van der Waals surface area contributed by atoms with Crippen LogP contribution in [-0.2, 0) is 0 Å². The lowest BCUT2D eigenvalue weighted by Gasteiger charge is -2.30. The summed E-state index contributed by atoms with van der Waals surface area (Å²) in [6, 6.07) is 24.4. The lowest BCUT2D eigenvalue weighted by Crippen LogP contribution is -2.35. The quantitative estimate of drug-likeness (QED) is 0.575. The molecule has 0 saturated carbocycles. The molecule has 0 saturated heterocycles. The molecular formula is C25H26N2O3. The number of anilines is 1. The van der Waals surface area contributed by atoms with Crippen LogP contribution in [0.15, 0.2) is 77.8 Å². The second-order valence-electron chi connectivity index (χ2n) is 7.17. The van der Waals surface area contributed by atoms with E-state index in [2.05, 4.69) is 48.2 Å². The van der Waals surface area contributed by atoms with E-state index in [0.29, 0.717) is 0 Å². The van der Waals surface area contributed by atoms with Gasteiger partial charge in [-0.25, -0.2) is 0 Å². The molecule has 0 radical (unpaired) electrons. The first-order valence-corrected chi connectivity index (χ1v) is 9.93. The van der Waals surface area contributed by atoms with Crippen LogP contribution in [0.2, 0.25) is 0 Å². The number of hydrogen-bond donors (Lipinski definition) is 0. The van der Waals surface area contributed by atoms with Crippen molar-refractivity contribution in [3.05, 3.63) is 83.9 Å². The van der Waals surface area contributed by atoms with Crippen molar-refractivity contribution < 1.29 is 14.2 Å². The van der Waals surface area contributed by atoms with Crippen LogP contribution >= 0.6 is 0 Å². The molecule has 3 aromatic rings. The minimum atomic E-state index is -0.128. The van der Waals surface area contributed by atoms with Gasteiger partial charge >= 0.3 is 0 Å². The monoisotopic (exact) mass is 402 g/mol. The van der Waals surface area contributed by atoms with E-state index in [1.165, 1.54) is 0 Å². The van der Waals surface area contributed by atoms with E-state index in [9.17, 15) is 0 Å². The summed E-state index contributed by atoms with van der Waals surface area (Å²) in [5.41, 5.74) is 4.35. The SMILES string of the molecule is COc1ccc(C2=NC(c3ccc(OC)cc3)N(c3ccc(OC)cc3)C2C)cc1. The normalized spacial score (nSPS) is 18.1. The molecule has 0 amide bonds. The number of benzene rings is 3. The van der Waals surface area contributed by atoms with Crippen molar-refractivity contribution in [2.75, 3.05) is 26.2 Å². The number of ether oxygens (including phenoxy) is 3. The lowest BCUT2D eigenvalue weighted by atomic mass is 10.0. The molecular weight excluding hydrogens is 376 g/mol. The van der Waals surface area contributed by atoms with Gasteiger partial charge < -0.3 is 19.1 Å². The number of methoxy groups -OCH3 is 3. The van der Waals surface area contributed by atoms with Gasteiger partial charge in [0, 0.05) is 5.69 Å². The molecule has 5 nitrogen and oxygen atoms in total. The number of aliphatic imine (C=N–C) groups is 1.